The molecule has 0 saturated heterocycles. The Morgan fingerprint density at radius 3 is 2.37 bits per heavy atom. The summed E-state index contributed by atoms with van der Waals surface area (Å²) in [6, 6.07) is 26.3. The van der Waals surface area contributed by atoms with Gasteiger partial charge in [-0.2, -0.15) is 5.10 Å². The summed E-state index contributed by atoms with van der Waals surface area (Å²) in [5.74, 6) is -1.01. The molecule has 4 aromatic rings. The first-order valence-corrected chi connectivity index (χ1v) is 9.44. The number of hydrazone groups is 1. The molecule has 0 bridgehead atoms. The molecule has 4 rings (SSSR count). The number of aromatic nitrogens is 1. The van der Waals surface area contributed by atoms with Crippen molar-refractivity contribution in [3.8, 4) is 0 Å². The van der Waals surface area contributed by atoms with Gasteiger partial charge < -0.3 is 4.42 Å². The lowest BCUT2D eigenvalue weighted by molar-refractivity contribution is -0.121. The highest BCUT2D eigenvalue weighted by Crippen LogP contribution is 2.11. The highest BCUT2D eigenvalue weighted by atomic mass is 16.4. The third-order valence-electron chi connectivity index (χ3n) is 4.48. The third kappa shape index (κ3) is 4.44. The molecule has 30 heavy (non-hydrogen) atoms. The van der Waals surface area contributed by atoms with E-state index in [1.807, 2.05) is 72.8 Å². The minimum absolute atomic E-state index is 0.191. The number of hydrogen-bond donors (Lipinski definition) is 1. The number of oxazole rings is 1. The van der Waals surface area contributed by atoms with Gasteiger partial charge in [-0.3, -0.25) is 9.36 Å². The summed E-state index contributed by atoms with van der Waals surface area (Å²) < 4.78 is 6.44. The van der Waals surface area contributed by atoms with E-state index in [-0.39, 0.29) is 6.54 Å². The van der Waals surface area contributed by atoms with Gasteiger partial charge in [-0.1, -0.05) is 78.9 Å². The van der Waals surface area contributed by atoms with Gasteiger partial charge in [-0.05, 0) is 23.8 Å². The van der Waals surface area contributed by atoms with E-state index in [2.05, 4.69) is 10.5 Å². The number of allylic oxidation sites excluding steroid dienone is 1. The van der Waals surface area contributed by atoms with Crippen molar-refractivity contribution in [1.82, 2.24) is 9.99 Å². The van der Waals surface area contributed by atoms with Crippen molar-refractivity contribution in [3.63, 3.8) is 0 Å². The summed E-state index contributed by atoms with van der Waals surface area (Å²) in [5.41, 5.74) is 6.02. The minimum atomic E-state index is -0.581. The number of hydrogen-bond acceptors (Lipinski definition) is 4. The molecule has 0 aliphatic carbocycles. The predicted octanol–water partition coefficient (Wildman–Crippen LogP) is 3.83. The van der Waals surface area contributed by atoms with Gasteiger partial charge in [0.2, 0.25) is 0 Å². The second-order valence-corrected chi connectivity index (χ2v) is 6.56. The fraction of sp³-hybridized carbons (Fsp3) is 0.0417. The van der Waals surface area contributed by atoms with Crippen molar-refractivity contribution in [2.24, 2.45) is 5.10 Å². The van der Waals surface area contributed by atoms with Gasteiger partial charge in [0.05, 0.1) is 11.2 Å². The first-order chi connectivity index (χ1) is 14.7. The molecule has 0 spiro atoms. The molecule has 6 heteroatoms. The Bertz CT molecular complexity index is 1270. The van der Waals surface area contributed by atoms with Gasteiger partial charge in [0.25, 0.3) is 5.91 Å². The second-order valence-electron chi connectivity index (χ2n) is 6.56. The molecule has 148 valence electrons. The van der Waals surface area contributed by atoms with E-state index in [4.69, 9.17) is 4.42 Å². The van der Waals surface area contributed by atoms with E-state index in [0.717, 1.165) is 11.1 Å². The smallest absolute Gasteiger partial charge is 0.408 e. The number of fused-ring (bicyclic) bond motifs is 1. The van der Waals surface area contributed by atoms with E-state index >= 15 is 0 Å². The molecule has 0 radical (unpaired) electrons. The molecule has 0 fully saturated rings. The van der Waals surface area contributed by atoms with Crippen LogP contribution in [0.5, 0.6) is 0 Å². The average molecular weight is 397 g/mol. The first-order valence-electron chi connectivity index (χ1n) is 9.44. The Labute approximate surface area is 172 Å². The maximum Gasteiger partial charge on any atom is 0.420 e. The molecule has 1 aromatic heterocycles. The van der Waals surface area contributed by atoms with Crippen molar-refractivity contribution >= 4 is 28.8 Å². The number of para-hydroxylation sites is 2. The van der Waals surface area contributed by atoms with Crippen LogP contribution in [0, 0.1) is 0 Å². The number of nitrogens with zero attached hydrogens (tertiary/aromatic N) is 2. The summed E-state index contributed by atoms with van der Waals surface area (Å²) in [4.78, 5) is 24.5. The number of nitrogens with one attached hydrogen (secondary N) is 1. The molecule has 3 aromatic carbocycles. The van der Waals surface area contributed by atoms with Crippen molar-refractivity contribution in [1.29, 1.82) is 0 Å². The molecule has 0 atom stereocenters. The first kappa shape index (κ1) is 19.1. The zero-order chi connectivity index (χ0) is 20.8. The predicted molar refractivity (Wildman–Crippen MR) is 117 cm³/mol. The molecule has 0 saturated carbocycles. The Balaban J connectivity index is 1.56. The average Bonchev–Trinajstić information content (AvgIpc) is 3.10. The number of rotatable bonds is 6. The molecule has 0 aliphatic heterocycles. The van der Waals surface area contributed by atoms with Crippen LogP contribution >= 0.6 is 0 Å². The molecule has 1 amide bonds. The van der Waals surface area contributed by atoms with Crippen LogP contribution in [0.15, 0.2) is 105 Å². The number of amides is 1. The summed E-state index contributed by atoms with van der Waals surface area (Å²) in [7, 11) is 0. The van der Waals surface area contributed by atoms with E-state index in [1.165, 1.54) is 4.57 Å². The quantitative estimate of drug-likeness (QED) is 0.397. The molecular weight excluding hydrogens is 378 g/mol. The Kier molecular flexibility index (Phi) is 5.66. The van der Waals surface area contributed by atoms with Crippen LogP contribution in [-0.2, 0) is 11.3 Å². The normalized spacial score (nSPS) is 11.8. The minimum Gasteiger partial charge on any atom is -0.408 e. The Hall–Kier alpha value is -4.19. The number of carbonyl (C=O) groups excluding carboxylic acids is 1. The molecule has 6 nitrogen and oxygen atoms in total. The summed E-state index contributed by atoms with van der Waals surface area (Å²) in [6.07, 6.45) is 3.76. The van der Waals surface area contributed by atoms with E-state index in [0.29, 0.717) is 16.8 Å². The fourth-order valence-electron chi connectivity index (χ4n) is 3.01. The highest BCUT2D eigenvalue weighted by molar-refractivity contribution is 6.11. The van der Waals surface area contributed by atoms with Crippen LogP contribution in [0.2, 0.25) is 0 Å². The fourth-order valence-corrected chi connectivity index (χ4v) is 3.01. The van der Waals surface area contributed by atoms with Crippen LogP contribution in [0.1, 0.15) is 11.1 Å². The molecular formula is C24H19N3O3. The van der Waals surface area contributed by atoms with Gasteiger partial charge in [0.1, 0.15) is 6.54 Å². The van der Waals surface area contributed by atoms with E-state index in [1.54, 1.807) is 24.3 Å². The van der Waals surface area contributed by atoms with Crippen molar-refractivity contribution in [2.75, 3.05) is 0 Å². The lowest BCUT2D eigenvalue weighted by Gasteiger charge is -2.05. The van der Waals surface area contributed by atoms with Crippen LogP contribution in [0.4, 0.5) is 0 Å². The van der Waals surface area contributed by atoms with Crippen LogP contribution in [0.25, 0.3) is 17.2 Å². The summed E-state index contributed by atoms with van der Waals surface area (Å²) in [6.45, 7) is -0.191. The Morgan fingerprint density at radius 2 is 1.60 bits per heavy atom. The lowest BCUT2D eigenvalue weighted by atomic mass is 10.1. The topological polar surface area (TPSA) is 76.6 Å². The maximum absolute atomic E-state index is 12.5. The van der Waals surface area contributed by atoms with Crippen LogP contribution in [0.3, 0.4) is 0 Å². The van der Waals surface area contributed by atoms with Gasteiger partial charge in [-0.25, -0.2) is 10.2 Å². The van der Waals surface area contributed by atoms with Crippen LogP contribution in [-0.4, -0.2) is 16.2 Å². The third-order valence-corrected chi connectivity index (χ3v) is 4.48. The standard InChI is InChI=1S/C24H19N3O3/c28-23(17-27-21-13-7-8-14-22(21)30-24(27)29)26-25-20(19-11-5-2-6-12-19)16-15-18-9-3-1-4-10-18/h1-16H,17H2,(H,26,28)/b16-15+,25-20+. The van der Waals surface area contributed by atoms with Crippen molar-refractivity contribution in [3.05, 3.63) is 113 Å². The zero-order valence-electron chi connectivity index (χ0n) is 16.1. The van der Waals surface area contributed by atoms with Crippen LogP contribution < -0.4 is 11.2 Å². The van der Waals surface area contributed by atoms with E-state index in [9.17, 15) is 9.59 Å². The summed E-state index contributed by atoms with van der Waals surface area (Å²) >= 11 is 0. The maximum atomic E-state index is 12.5. The van der Waals surface area contributed by atoms with Crippen molar-refractivity contribution in [2.45, 2.75) is 6.54 Å². The van der Waals surface area contributed by atoms with Gasteiger partial charge in [0, 0.05) is 5.56 Å². The van der Waals surface area contributed by atoms with Gasteiger partial charge in [0.15, 0.2) is 5.58 Å². The SMILES string of the molecule is O=C(Cn1c(=O)oc2ccccc21)N/N=C(\C=C\c1ccccc1)c1ccccc1. The zero-order valence-corrected chi connectivity index (χ0v) is 16.1. The molecule has 0 unspecified atom stereocenters. The molecule has 1 N–H and O–H groups in total. The van der Waals surface area contributed by atoms with Gasteiger partial charge >= 0.3 is 5.76 Å². The monoisotopic (exact) mass is 397 g/mol. The van der Waals surface area contributed by atoms with E-state index < -0.39 is 11.7 Å². The number of benzene rings is 3. The summed E-state index contributed by atoms with van der Waals surface area (Å²) in [5, 5.41) is 4.28. The largest absolute Gasteiger partial charge is 0.420 e. The Morgan fingerprint density at radius 1 is 0.933 bits per heavy atom. The second kappa shape index (κ2) is 8.87. The molecule has 1 heterocycles. The lowest BCUT2D eigenvalue weighted by Crippen LogP contribution is -2.28. The van der Waals surface area contributed by atoms with Gasteiger partial charge in [-0.15, -0.1) is 0 Å². The molecule has 0 aliphatic rings. The highest BCUT2D eigenvalue weighted by Gasteiger charge is 2.12. The number of carbonyl (C=O) groups is 1. The van der Waals surface area contributed by atoms with Crippen molar-refractivity contribution < 1.29 is 9.21 Å².